The molecule has 0 saturated carbocycles. The van der Waals surface area contributed by atoms with Gasteiger partial charge in [0.15, 0.2) is 5.96 Å². The van der Waals surface area contributed by atoms with Crippen LogP contribution in [0.25, 0.3) is 0 Å². The number of carbonyl (C=O) groups is 10. The topological polar surface area (TPSA) is 372 Å². The second-order valence-electron chi connectivity index (χ2n) is 21.9. The molecule has 446 valence electrons. The lowest BCUT2D eigenvalue weighted by Crippen LogP contribution is -2.62. The predicted octanol–water partition coefficient (Wildman–Crippen LogP) is 0.259. The number of nitrogens with two attached hydrogens (primary N) is 3. The van der Waals surface area contributed by atoms with Crippen LogP contribution >= 0.6 is 21.6 Å². The summed E-state index contributed by atoms with van der Waals surface area (Å²) in [6.45, 7) is 14.8. The van der Waals surface area contributed by atoms with E-state index in [1.807, 2.05) is 27.7 Å². The Morgan fingerprint density at radius 1 is 0.713 bits per heavy atom. The Labute approximate surface area is 477 Å². The molecule has 26 heteroatoms. The SMILES string of the molecule is CC[C@H](C)C1NC(=O)[C@@H](NC(=O)[C@H](CC(C)C)NC(=O)[C@@H](N)CCCN=C(N)N)CSSC[C@@H](C(=O)O)NC(=O)[C@@H]2CCCN2C(=O)[C@H](Cc2ccccc2)NC(=O)[C@H]([C@@H](C)CC)NC(=O)[C@H](C(C)C)NC(=O)[C@@H]2CCCN2C1=O. The number of nitrogens with zero attached hydrogens (tertiary/aromatic N) is 3. The number of carbonyl (C=O) groups excluding carboxylic acids is 9. The molecule has 0 radical (unpaired) electrons. The van der Waals surface area contributed by atoms with Crippen molar-refractivity contribution in [3.8, 4) is 0 Å². The maximum absolute atomic E-state index is 14.8. The van der Waals surface area contributed by atoms with E-state index in [1.165, 1.54) is 9.80 Å². The van der Waals surface area contributed by atoms with E-state index in [0.717, 1.165) is 21.6 Å². The lowest BCUT2D eigenvalue weighted by Gasteiger charge is -2.34. The number of benzene rings is 1. The fourth-order valence-corrected chi connectivity index (χ4v) is 12.0. The number of hydrogen-bond donors (Lipinski definition) is 11. The Bertz CT molecular complexity index is 2350. The summed E-state index contributed by atoms with van der Waals surface area (Å²) in [5.41, 5.74) is 17.7. The van der Waals surface area contributed by atoms with E-state index in [4.69, 9.17) is 17.2 Å². The third-order valence-electron chi connectivity index (χ3n) is 14.8. The largest absolute Gasteiger partial charge is 0.480 e. The van der Waals surface area contributed by atoms with Gasteiger partial charge in [0.05, 0.1) is 6.04 Å². The van der Waals surface area contributed by atoms with Crippen LogP contribution in [-0.2, 0) is 54.4 Å². The van der Waals surface area contributed by atoms with Gasteiger partial charge in [-0.3, -0.25) is 48.1 Å². The third kappa shape index (κ3) is 19.5. The normalized spacial score (nSPS) is 25.9. The van der Waals surface area contributed by atoms with Crippen LogP contribution in [0.15, 0.2) is 35.3 Å². The zero-order valence-corrected chi connectivity index (χ0v) is 49.1. The van der Waals surface area contributed by atoms with Gasteiger partial charge in [0.1, 0.15) is 54.4 Å². The molecule has 1 unspecified atom stereocenters. The molecule has 1 aromatic rings. The van der Waals surface area contributed by atoms with Crippen molar-refractivity contribution < 1.29 is 53.1 Å². The monoisotopic (exact) mass is 1160 g/mol. The first-order valence-corrected chi connectivity index (χ1v) is 30.4. The first kappa shape index (κ1) is 66.4. The van der Waals surface area contributed by atoms with Gasteiger partial charge in [-0.2, -0.15) is 0 Å². The molecule has 3 aliphatic heterocycles. The minimum Gasteiger partial charge on any atom is -0.480 e. The molecule has 14 N–H and O–H groups in total. The molecule has 24 nitrogen and oxygen atoms in total. The number of amides is 9. The van der Waals surface area contributed by atoms with Gasteiger partial charge in [0.2, 0.25) is 53.2 Å². The molecule has 0 aliphatic carbocycles. The summed E-state index contributed by atoms with van der Waals surface area (Å²) in [5, 5.41) is 29.9. The number of rotatable bonds is 18. The van der Waals surface area contributed by atoms with E-state index in [0.29, 0.717) is 37.7 Å². The van der Waals surface area contributed by atoms with Crippen LogP contribution in [0, 0.1) is 23.7 Å². The average Bonchev–Trinajstić information content (AvgIpc) is 4.12. The number of aliphatic carboxylic acids is 1. The van der Waals surface area contributed by atoms with Crippen LogP contribution in [0.5, 0.6) is 0 Å². The second-order valence-corrected chi connectivity index (χ2v) is 24.4. The summed E-state index contributed by atoms with van der Waals surface area (Å²) in [6.07, 6.45) is 2.83. The van der Waals surface area contributed by atoms with Gasteiger partial charge in [-0.25, -0.2) is 4.79 Å². The number of guanidine groups is 1. The zero-order valence-electron chi connectivity index (χ0n) is 47.5. The average molecular weight is 1160 g/mol. The van der Waals surface area contributed by atoms with Crippen molar-refractivity contribution in [3.05, 3.63) is 35.9 Å². The van der Waals surface area contributed by atoms with Crippen LogP contribution in [0.4, 0.5) is 0 Å². The zero-order chi connectivity index (χ0) is 59.4. The molecule has 3 saturated heterocycles. The summed E-state index contributed by atoms with van der Waals surface area (Å²) < 4.78 is 0. The minimum atomic E-state index is -1.49. The minimum absolute atomic E-state index is 0.0195. The molecular weight excluding hydrogens is 1070 g/mol. The Hall–Kier alpha value is -6.15. The van der Waals surface area contributed by atoms with Crippen molar-refractivity contribution in [1.82, 2.24) is 47.0 Å². The predicted molar refractivity (Wildman–Crippen MR) is 307 cm³/mol. The molecule has 0 spiro atoms. The van der Waals surface area contributed by atoms with Crippen LogP contribution in [0.2, 0.25) is 0 Å². The van der Waals surface area contributed by atoms with E-state index in [1.54, 1.807) is 58.0 Å². The van der Waals surface area contributed by atoms with E-state index in [-0.39, 0.29) is 75.1 Å². The molecule has 1 aromatic carbocycles. The summed E-state index contributed by atoms with van der Waals surface area (Å²) in [5.74, 6) is -9.52. The van der Waals surface area contributed by atoms with Gasteiger partial charge in [-0.15, -0.1) is 0 Å². The lowest BCUT2D eigenvalue weighted by molar-refractivity contribution is -0.144. The molecule has 3 fully saturated rings. The molecular formula is C54H87N13O11S2. The van der Waals surface area contributed by atoms with E-state index in [9.17, 15) is 53.1 Å². The fourth-order valence-electron chi connectivity index (χ4n) is 9.72. The Morgan fingerprint density at radius 2 is 1.26 bits per heavy atom. The molecule has 9 amide bonds. The second kappa shape index (κ2) is 32.3. The fraction of sp³-hybridized carbons (Fsp3) is 0.685. The van der Waals surface area contributed by atoms with Crippen molar-refractivity contribution >= 4 is 86.7 Å². The van der Waals surface area contributed by atoms with Crippen LogP contribution in [-0.4, -0.2) is 172 Å². The lowest BCUT2D eigenvalue weighted by atomic mass is 9.95. The van der Waals surface area contributed by atoms with Gasteiger partial charge in [-0.1, -0.05) is 120 Å². The van der Waals surface area contributed by atoms with Gasteiger partial charge >= 0.3 is 5.97 Å². The quantitative estimate of drug-likeness (QED) is 0.0406. The maximum Gasteiger partial charge on any atom is 0.327 e. The highest BCUT2D eigenvalue weighted by Gasteiger charge is 2.44. The summed E-state index contributed by atoms with van der Waals surface area (Å²) in [4.78, 5) is 149. The van der Waals surface area contributed by atoms with E-state index in [2.05, 4.69) is 42.2 Å². The molecule has 0 aromatic heterocycles. The van der Waals surface area contributed by atoms with Gasteiger partial charge in [-0.05, 0) is 74.2 Å². The summed E-state index contributed by atoms with van der Waals surface area (Å²) >= 11 is 0. The molecule has 0 bridgehead atoms. The third-order valence-corrected chi connectivity index (χ3v) is 17.3. The summed E-state index contributed by atoms with van der Waals surface area (Å²) in [7, 11) is 2.01. The van der Waals surface area contributed by atoms with Gasteiger partial charge in [0, 0.05) is 37.6 Å². The number of carboxylic acids is 1. The van der Waals surface area contributed by atoms with E-state index < -0.39 is 137 Å². The molecule has 3 aliphatic rings. The Balaban J connectivity index is 1.76. The molecule has 12 atom stereocenters. The Kier molecular flexibility index (Phi) is 26.8. The number of hydrogen-bond acceptors (Lipinski definition) is 14. The van der Waals surface area contributed by atoms with Crippen molar-refractivity contribution in [1.29, 1.82) is 0 Å². The Morgan fingerprint density at radius 3 is 1.84 bits per heavy atom. The summed E-state index contributed by atoms with van der Waals surface area (Å²) in [6, 6.07) is -3.08. The van der Waals surface area contributed by atoms with Crippen LogP contribution in [0.3, 0.4) is 0 Å². The number of carboxylic acid groups (broad SMARTS) is 1. The van der Waals surface area contributed by atoms with Crippen LogP contribution < -0.4 is 54.4 Å². The van der Waals surface area contributed by atoms with E-state index >= 15 is 0 Å². The smallest absolute Gasteiger partial charge is 0.327 e. The van der Waals surface area contributed by atoms with Crippen molar-refractivity contribution in [2.24, 2.45) is 45.9 Å². The van der Waals surface area contributed by atoms with Crippen LogP contribution in [0.1, 0.15) is 119 Å². The van der Waals surface area contributed by atoms with Gasteiger partial charge in [0.25, 0.3) is 0 Å². The highest BCUT2D eigenvalue weighted by molar-refractivity contribution is 8.76. The molecule has 4 rings (SSSR count). The van der Waals surface area contributed by atoms with Crippen molar-refractivity contribution in [2.75, 3.05) is 31.1 Å². The van der Waals surface area contributed by atoms with Crippen molar-refractivity contribution in [2.45, 2.75) is 180 Å². The molecule has 3 heterocycles. The first-order valence-electron chi connectivity index (χ1n) is 27.9. The van der Waals surface area contributed by atoms with Crippen molar-refractivity contribution in [3.63, 3.8) is 0 Å². The number of fused-ring (bicyclic) bond motifs is 2. The maximum atomic E-state index is 14.8. The first-order chi connectivity index (χ1) is 37.9. The highest BCUT2D eigenvalue weighted by Crippen LogP contribution is 2.27. The highest BCUT2D eigenvalue weighted by atomic mass is 33.1. The number of nitrogens with one attached hydrogen (secondary N) is 7. The molecule has 80 heavy (non-hydrogen) atoms. The number of aliphatic imine (C=N–C) groups is 1. The standard InChI is InChI=1S/C54H87N13O11S2/c1-9-31(7)42-50(74)60-36(26-33-17-12-11-13-18-33)51(75)66-23-15-20-39(66)47(71)62-38(53(77)78)28-80-79-27-37(61-45(69)35(25-29(3)4)59-44(68)34(55)19-14-22-58-54(56)57)46(70)65-43(32(8)10-2)52(76)67-24-16-21-40(67)48(72)63-41(30(5)6)49(73)64-42/h11-13,17-18,29-32,34-43H,9-10,14-16,19-28,55H2,1-8H3,(H,59,68)(H,60,74)(H,61,69)(H,62,71)(H,63,72)(H,64,73)(H,65,70)(H,77,78)(H4,56,57,58)/t31-,32-,34-,35-,36-,37-,38-,39-,40-,41-,42-,43?/m0/s1. The van der Waals surface area contributed by atoms with Gasteiger partial charge < -0.3 is 69.3 Å².